The van der Waals surface area contributed by atoms with Crippen molar-refractivity contribution in [2.24, 2.45) is 5.92 Å². The molecule has 0 aliphatic rings. The highest BCUT2D eigenvalue weighted by Gasteiger charge is 2.16. The van der Waals surface area contributed by atoms with Gasteiger partial charge in [0.2, 0.25) is 0 Å². The molecule has 0 amide bonds. The second kappa shape index (κ2) is 4.78. The molecule has 5 heteroatoms. The summed E-state index contributed by atoms with van der Waals surface area (Å²) in [5.74, 6) is 0.297. The van der Waals surface area contributed by atoms with Gasteiger partial charge in [-0.15, -0.1) is 0 Å². The summed E-state index contributed by atoms with van der Waals surface area (Å²) in [4.78, 5) is 17.3. The van der Waals surface area contributed by atoms with Crippen LogP contribution in [0.15, 0.2) is 22.7 Å². The Labute approximate surface area is 84.1 Å². The van der Waals surface area contributed by atoms with Crippen LogP contribution in [0.5, 0.6) is 0 Å². The maximum Gasteiger partial charge on any atom is 0.352 e. The van der Waals surface area contributed by atoms with Gasteiger partial charge in [-0.25, -0.2) is 0 Å². The van der Waals surface area contributed by atoms with E-state index in [4.69, 9.17) is 9.79 Å². The van der Waals surface area contributed by atoms with Gasteiger partial charge in [0.05, 0.1) is 5.82 Å². The molecule has 0 fully saturated rings. The summed E-state index contributed by atoms with van der Waals surface area (Å²) in [5, 5.41) is 9.50. The van der Waals surface area contributed by atoms with Crippen LogP contribution in [-0.2, 0) is 4.57 Å². The Bertz CT molecular complexity index is 305. The molecule has 0 atom stereocenters. The number of aliphatic hydroxyl groups excluding tert-OH is 1. The van der Waals surface area contributed by atoms with Crippen LogP contribution in [0.4, 0.5) is 0 Å². The van der Waals surface area contributed by atoms with E-state index in [2.05, 4.69) is 0 Å². The first-order valence-corrected chi connectivity index (χ1v) is 5.98. The molecule has 0 unspecified atom stereocenters. The number of hydrogen-bond donors (Lipinski definition) is 3. The van der Waals surface area contributed by atoms with Crippen molar-refractivity contribution < 1.29 is 19.5 Å². The number of aliphatic hydroxyl groups is 1. The van der Waals surface area contributed by atoms with Gasteiger partial charge in [-0.05, 0) is 25.3 Å². The lowest BCUT2D eigenvalue weighted by molar-refractivity contribution is 0.376. The molecule has 0 aromatic carbocycles. The van der Waals surface area contributed by atoms with Crippen molar-refractivity contribution in [1.82, 2.24) is 0 Å². The topological polar surface area (TPSA) is 77.8 Å². The minimum atomic E-state index is -4.30. The number of allylic oxidation sites excluding steroid dienone is 2. The Morgan fingerprint density at radius 3 is 1.93 bits per heavy atom. The molecular formula is C9H17O4P. The van der Waals surface area contributed by atoms with Gasteiger partial charge < -0.3 is 14.9 Å². The van der Waals surface area contributed by atoms with E-state index in [-0.39, 0.29) is 11.7 Å². The van der Waals surface area contributed by atoms with Crippen molar-refractivity contribution in [2.45, 2.75) is 27.7 Å². The van der Waals surface area contributed by atoms with Crippen molar-refractivity contribution in [1.29, 1.82) is 0 Å². The smallest absolute Gasteiger partial charge is 0.352 e. The second-order valence-electron chi connectivity index (χ2n) is 3.67. The maximum absolute atomic E-state index is 10.6. The summed E-state index contributed by atoms with van der Waals surface area (Å²) in [5.41, 5.74) is 1.43. The van der Waals surface area contributed by atoms with Crippen LogP contribution in [-0.4, -0.2) is 14.9 Å². The lowest BCUT2D eigenvalue weighted by Gasteiger charge is -2.13. The Kier molecular flexibility index (Phi) is 4.59. The van der Waals surface area contributed by atoms with E-state index in [0.29, 0.717) is 11.4 Å². The van der Waals surface area contributed by atoms with E-state index in [1.807, 2.05) is 13.8 Å². The van der Waals surface area contributed by atoms with Gasteiger partial charge in [0.25, 0.3) is 0 Å². The van der Waals surface area contributed by atoms with E-state index in [1.54, 1.807) is 13.8 Å². The van der Waals surface area contributed by atoms with Crippen LogP contribution < -0.4 is 0 Å². The first-order valence-electron chi connectivity index (χ1n) is 4.30. The van der Waals surface area contributed by atoms with Crippen LogP contribution in [0.1, 0.15) is 27.7 Å². The van der Waals surface area contributed by atoms with Crippen LogP contribution >= 0.6 is 7.60 Å². The van der Waals surface area contributed by atoms with E-state index in [1.165, 1.54) is 0 Å². The number of rotatable bonds is 3. The third-order valence-electron chi connectivity index (χ3n) is 1.68. The van der Waals surface area contributed by atoms with Crippen molar-refractivity contribution in [3.63, 3.8) is 0 Å². The van der Waals surface area contributed by atoms with Crippen molar-refractivity contribution >= 4 is 7.60 Å². The highest BCUT2D eigenvalue weighted by Crippen LogP contribution is 2.39. The largest absolute Gasteiger partial charge is 0.507 e. The monoisotopic (exact) mass is 220 g/mol. The summed E-state index contributed by atoms with van der Waals surface area (Å²) in [6.07, 6.45) is 0. The molecule has 0 aliphatic heterocycles. The molecule has 4 nitrogen and oxygen atoms in total. The second-order valence-corrected chi connectivity index (χ2v) is 5.11. The zero-order chi connectivity index (χ0) is 11.5. The lowest BCUT2D eigenvalue weighted by atomic mass is 9.97. The van der Waals surface area contributed by atoms with Crippen molar-refractivity contribution in [2.75, 3.05) is 0 Å². The molecule has 0 spiro atoms. The highest BCUT2D eigenvalue weighted by molar-refractivity contribution is 7.55. The summed E-state index contributed by atoms with van der Waals surface area (Å²) in [6, 6.07) is 0. The molecule has 0 aromatic heterocycles. The van der Waals surface area contributed by atoms with Gasteiger partial charge in [0.15, 0.2) is 0 Å². The molecule has 0 aliphatic carbocycles. The Morgan fingerprint density at radius 2 is 1.71 bits per heavy atom. The van der Waals surface area contributed by atoms with Gasteiger partial charge in [0.1, 0.15) is 5.76 Å². The van der Waals surface area contributed by atoms with Gasteiger partial charge in [-0.3, -0.25) is 4.57 Å². The van der Waals surface area contributed by atoms with Crippen LogP contribution in [0, 0.1) is 5.92 Å². The first kappa shape index (κ1) is 13.4. The van der Waals surface area contributed by atoms with Crippen molar-refractivity contribution in [3.8, 4) is 0 Å². The van der Waals surface area contributed by atoms with Crippen LogP contribution in [0.3, 0.4) is 0 Å². The van der Waals surface area contributed by atoms with Crippen LogP contribution in [0.25, 0.3) is 0 Å². The van der Waals surface area contributed by atoms with E-state index < -0.39 is 7.60 Å². The molecular weight excluding hydrogens is 203 g/mol. The molecule has 0 radical (unpaired) electrons. The molecule has 0 saturated heterocycles. The normalized spacial score (nSPS) is 13.2. The minimum Gasteiger partial charge on any atom is -0.507 e. The average Bonchev–Trinajstić information content (AvgIpc) is 1.78. The third-order valence-corrected chi connectivity index (χ3v) is 2.26. The van der Waals surface area contributed by atoms with Gasteiger partial charge in [0, 0.05) is 0 Å². The molecule has 0 heterocycles. The fourth-order valence-electron chi connectivity index (χ4n) is 1.36. The van der Waals surface area contributed by atoms with E-state index >= 15 is 0 Å². The molecule has 3 N–H and O–H groups in total. The predicted molar refractivity (Wildman–Crippen MR) is 56.0 cm³/mol. The Morgan fingerprint density at radius 1 is 1.29 bits per heavy atom. The van der Waals surface area contributed by atoms with E-state index in [0.717, 1.165) is 5.57 Å². The first-order chi connectivity index (χ1) is 6.15. The maximum atomic E-state index is 10.6. The minimum absolute atomic E-state index is 0.0304. The predicted octanol–water partition coefficient (Wildman–Crippen LogP) is 2.56. The SMILES string of the molecule is CC(C)=C(/C(O)=C/P(=O)(O)O)C(C)C. The fraction of sp³-hybridized carbons (Fsp3) is 0.556. The summed E-state index contributed by atoms with van der Waals surface area (Å²) in [6.45, 7) is 7.29. The molecule has 0 bridgehead atoms. The van der Waals surface area contributed by atoms with E-state index in [9.17, 15) is 9.67 Å². The fourth-order valence-corrected chi connectivity index (χ4v) is 1.82. The zero-order valence-corrected chi connectivity index (χ0v) is 9.75. The van der Waals surface area contributed by atoms with Gasteiger partial charge in [-0.1, -0.05) is 19.4 Å². The molecule has 0 aromatic rings. The number of hydrogen-bond acceptors (Lipinski definition) is 2. The molecule has 82 valence electrons. The summed E-state index contributed by atoms with van der Waals surface area (Å²) in [7, 11) is -4.30. The Balaban J connectivity index is 5.20. The lowest BCUT2D eigenvalue weighted by Crippen LogP contribution is -2.00. The van der Waals surface area contributed by atoms with Gasteiger partial charge in [-0.2, -0.15) is 0 Å². The quantitative estimate of drug-likeness (QED) is 0.388. The highest BCUT2D eigenvalue weighted by atomic mass is 31.2. The average molecular weight is 220 g/mol. The Hall–Kier alpha value is -0.570. The van der Waals surface area contributed by atoms with Crippen molar-refractivity contribution in [3.05, 3.63) is 22.7 Å². The standard InChI is InChI=1S/C9H17O4P/c1-6(2)9(7(3)4)8(10)5-14(11,12)13/h5-6,10H,1-4H3,(H2,11,12,13)/b8-5-. The summed E-state index contributed by atoms with van der Waals surface area (Å²) >= 11 is 0. The molecule has 14 heavy (non-hydrogen) atoms. The molecule has 0 saturated carbocycles. The van der Waals surface area contributed by atoms with Crippen LogP contribution in [0.2, 0.25) is 0 Å². The summed E-state index contributed by atoms with van der Waals surface area (Å²) < 4.78 is 10.6. The van der Waals surface area contributed by atoms with Gasteiger partial charge >= 0.3 is 7.60 Å². The third kappa shape index (κ3) is 4.61. The zero-order valence-electron chi connectivity index (χ0n) is 8.85. The molecule has 0 rings (SSSR count).